The van der Waals surface area contributed by atoms with Crippen LogP contribution < -0.4 is 0 Å². The number of fused-ring (bicyclic) bond motifs is 11. The molecule has 0 N–H and O–H groups in total. The third kappa shape index (κ3) is 4.32. The zero-order valence-corrected chi connectivity index (χ0v) is 30.0. The third-order valence-corrected chi connectivity index (χ3v) is 12.5. The first-order valence-corrected chi connectivity index (χ1v) is 19.3. The predicted octanol–water partition coefficient (Wildman–Crippen LogP) is 15.6. The van der Waals surface area contributed by atoms with Gasteiger partial charge in [0.05, 0.1) is 0 Å². The van der Waals surface area contributed by atoms with Gasteiger partial charge in [-0.2, -0.15) is 0 Å². The monoisotopic (exact) mass is 702 g/mol. The van der Waals surface area contributed by atoms with Crippen LogP contribution in [0.3, 0.4) is 0 Å². The second kappa shape index (κ2) is 11.4. The van der Waals surface area contributed by atoms with Gasteiger partial charge in [-0.15, -0.1) is 11.3 Å². The SMILES string of the molecule is c1ccc2cc3c(cc2c1)sc1cc(-c2ccc(-c4c5ccccc5c(-c5ccc6oc7ccccc7c6c5)c5ccccc45)cc2)c2ccccc2c13. The summed E-state index contributed by atoms with van der Waals surface area (Å²) in [7, 11) is 0. The smallest absolute Gasteiger partial charge is 0.135 e. The van der Waals surface area contributed by atoms with Gasteiger partial charge in [-0.3, -0.25) is 0 Å². The molecule has 250 valence electrons. The van der Waals surface area contributed by atoms with Crippen molar-refractivity contribution in [2.45, 2.75) is 0 Å². The molecule has 0 unspecified atom stereocenters. The first-order valence-electron chi connectivity index (χ1n) is 18.5. The van der Waals surface area contributed by atoms with Crippen molar-refractivity contribution in [1.29, 1.82) is 0 Å². The van der Waals surface area contributed by atoms with Crippen LogP contribution in [0.25, 0.3) is 119 Å². The van der Waals surface area contributed by atoms with Crippen LogP contribution in [-0.4, -0.2) is 0 Å². The number of hydrogen-bond acceptors (Lipinski definition) is 2. The molecule has 0 saturated carbocycles. The summed E-state index contributed by atoms with van der Waals surface area (Å²) in [4.78, 5) is 0. The largest absolute Gasteiger partial charge is 0.456 e. The van der Waals surface area contributed by atoms with Crippen LogP contribution in [0.5, 0.6) is 0 Å². The molecule has 0 aliphatic carbocycles. The summed E-state index contributed by atoms with van der Waals surface area (Å²) in [5.41, 5.74) is 9.26. The van der Waals surface area contributed by atoms with E-state index in [-0.39, 0.29) is 0 Å². The number of para-hydroxylation sites is 1. The Hall–Kier alpha value is -6.74. The molecule has 0 fully saturated rings. The van der Waals surface area contributed by atoms with Gasteiger partial charge in [-0.25, -0.2) is 0 Å². The van der Waals surface area contributed by atoms with Gasteiger partial charge in [0.15, 0.2) is 0 Å². The van der Waals surface area contributed by atoms with E-state index in [1.165, 1.54) is 96.6 Å². The van der Waals surface area contributed by atoms with E-state index in [4.69, 9.17) is 4.42 Å². The quantitative estimate of drug-likeness (QED) is 0.167. The van der Waals surface area contributed by atoms with Crippen molar-refractivity contribution >= 4 is 96.5 Å². The van der Waals surface area contributed by atoms with Gasteiger partial charge < -0.3 is 4.42 Å². The molecule has 0 spiro atoms. The van der Waals surface area contributed by atoms with Gasteiger partial charge in [-0.1, -0.05) is 146 Å². The highest BCUT2D eigenvalue weighted by Crippen LogP contribution is 2.47. The average Bonchev–Trinajstić information content (AvgIpc) is 3.79. The Kier molecular flexibility index (Phi) is 6.28. The molecule has 0 atom stereocenters. The molecule has 12 rings (SSSR count). The Balaban J connectivity index is 1.04. The van der Waals surface area contributed by atoms with Crippen LogP contribution >= 0.6 is 11.3 Å². The average molecular weight is 703 g/mol. The van der Waals surface area contributed by atoms with E-state index in [0.29, 0.717) is 0 Å². The third-order valence-electron chi connectivity index (χ3n) is 11.4. The Morgan fingerprint density at radius 2 is 0.833 bits per heavy atom. The number of thiophene rings is 1. The van der Waals surface area contributed by atoms with E-state index >= 15 is 0 Å². The molecule has 0 radical (unpaired) electrons. The molecule has 0 aliphatic rings. The topological polar surface area (TPSA) is 13.1 Å². The number of hydrogen-bond donors (Lipinski definition) is 0. The Bertz CT molecular complexity index is 3430. The fourth-order valence-corrected chi connectivity index (χ4v) is 10.2. The maximum atomic E-state index is 6.21. The Morgan fingerprint density at radius 3 is 1.54 bits per heavy atom. The zero-order chi connectivity index (χ0) is 35.3. The highest BCUT2D eigenvalue weighted by molar-refractivity contribution is 7.26. The lowest BCUT2D eigenvalue weighted by molar-refractivity contribution is 0.669. The number of benzene rings is 10. The van der Waals surface area contributed by atoms with Crippen molar-refractivity contribution in [3.63, 3.8) is 0 Å². The van der Waals surface area contributed by atoms with Crippen LogP contribution in [-0.2, 0) is 0 Å². The van der Waals surface area contributed by atoms with Crippen molar-refractivity contribution in [2.75, 3.05) is 0 Å². The summed E-state index contributed by atoms with van der Waals surface area (Å²) in [6, 6.07) is 66.8. The van der Waals surface area contributed by atoms with E-state index in [1.54, 1.807) is 0 Å². The second-order valence-electron chi connectivity index (χ2n) is 14.4. The number of furan rings is 1. The van der Waals surface area contributed by atoms with Gasteiger partial charge in [0, 0.05) is 30.9 Å². The molecular weight excluding hydrogens is 673 g/mol. The molecule has 0 aliphatic heterocycles. The van der Waals surface area contributed by atoms with E-state index < -0.39 is 0 Å². The van der Waals surface area contributed by atoms with Crippen molar-refractivity contribution in [1.82, 2.24) is 0 Å². The summed E-state index contributed by atoms with van der Waals surface area (Å²) >= 11 is 1.90. The normalized spacial score (nSPS) is 12.1. The predicted molar refractivity (Wildman–Crippen MR) is 233 cm³/mol. The minimum atomic E-state index is 0.915. The molecule has 2 aromatic heterocycles. The van der Waals surface area contributed by atoms with Crippen molar-refractivity contribution < 1.29 is 4.42 Å². The molecule has 54 heavy (non-hydrogen) atoms. The fraction of sp³-hybridized carbons (Fsp3) is 0. The summed E-state index contributed by atoms with van der Waals surface area (Å²) in [5, 5.41) is 15.2. The lowest BCUT2D eigenvalue weighted by atomic mass is 9.85. The lowest BCUT2D eigenvalue weighted by Gasteiger charge is -2.18. The maximum Gasteiger partial charge on any atom is 0.135 e. The Morgan fingerprint density at radius 1 is 0.315 bits per heavy atom. The second-order valence-corrected chi connectivity index (χ2v) is 15.5. The fourth-order valence-electron chi connectivity index (χ4n) is 9.01. The van der Waals surface area contributed by atoms with Crippen LogP contribution in [0.2, 0.25) is 0 Å². The van der Waals surface area contributed by atoms with Crippen LogP contribution in [0, 0.1) is 0 Å². The maximum absolute atomic E-state index is 6.21. The minimum Gasteiger partial charge on any atom is -0.456 e. The molecule has 12 aromatic rings. The lowest BCUT2D eigenvalue weighted by Crippen LogP contribution is -1.91. The van der Waals surface area contributed by atoms with Crippen LogP contribution in [0.15, 0.2) is 186 Å². The summed E-state index contributed by atoms with van der Waals surface area (Å²) < 4.78 is 8.87. The zero-order valence-electron chi connectivity index (χ0n) is 29.1. The van der Waals surface area contributed by atoms with E-state index in [1.807, 2.05) is 23.5 Å². The van der Waals surface area contributed by atoms with E-state index in [9.17, 15) is 0 Å². The molecule has 10 aromatic carbocycles. The molecule has 2 heteroatoms. The molecule has 2 heterocycles. The molecular formula is C52H30OS. The minimum absolute atomic E-state index is 0.915. The number of rotatable bonds is 3. The molecule has 0 bridgehead atoms. The summed E-state index contributed by atoms with van der Waals surface area (Å²) in [6.45, 7) is 0. The molecule has 0 saturated heterocycles. The van der Waals surface area contributed by atoms with Gasteiger partial charge in [-0.05, 0) is 113 Å². The highest BCUT2D eigenvalue weighted by Gasteiger charge is 2.19. The highest BCUT2D eigenvalue weighted by atomic mass is 32.1. The molecule has 0 amide bonds. The van der Waals surface area contributed by atoms with E-state index in [2.05, 4.69) is 170 Å². The standard InChI is InChI=1S/C52H30OS/c1-2-12-34-29-48-45(27-33(34)11-1)52-38-15-4-3-13-36(38)43(30-49(52)54-48)31-21-23-32(24-22-31)50-39-16-5-7-18-41(39)51(42-19-8-6-17-40(42)50)35-25-26-47-44(28-35)37-14-9-10-20-46(37)53-47/h1-30H. The van der Waals surface area contributed by atoms with Gasteiger partial charge in [0.25, 0.3) is 0 Å². The summed E-state index contributed by atoms with van der Waals surface area (Å²) in [5.74, 6) is 0. The summed E-state index contributed by atoms with van der Waals surface area (Å²) in [6.07, 6.45) is 0. The first kappa shape index (κ1) is 29.8. The first-order chi connectivity index (χ1) is 26.8. The van der Waals surface area contributed by atoms with Gasteiger partial charge in [0.1, 0.15) is 11.2 Å². The van der Waals surface area contributed by atoms with Crippen LogP contribution in [0.4, 0.5) is 0 Å². The van der Waals surface area contributed by atoms with Gasteiger partial charge >= 0.3 is 0 Å². The van der Waals surface area contributed by atoms with Crippen LogP contribution in [0.1, 0.15) is 0 Å². The van der Waals surface area contributed by atoms with E-state index in [0.717, 1.165) is 21.9 Å². The molecule has 1 nitrogen and oxygen atoms in total. The van der Waals surface area contributed by atoms with Crippen molar-refractivity contribution in [2.24, 2.45) is 0 Å². The Labute approximate surface area is 314 Å². The van der Waals surface area contributed by atoms with Crippen molar-refractivity contribution in [3.8, 4) is 33.4 Å². The van der Waals surface area contributed by atoms with Crippen molar-refractivity contribution in [3.05, 3.63) is 182 Å². The van der Waals surface area contributed by atoms with Gasteiger partial charge in [0.2, 0.25) is 0 Å².